The molecule has 4 N–H and O–H groups in total. The number of carbonyl (C=O) groups excluding carboxylic acids is 2. The van der Waals surface area contributed by atoms with Gasteiger partial charge in [-0.15, -0.1) is 0 Å². The number of rotatable bonds is 4. The number of amides is 1. The molecule has 2 atom stereocenters. The number of hydrogen-bond donors (Lipinski definition) is 3. The molecule has 0 spiro atoms. The molecule has 27 heavy (non-hydrogen) atoms. The molecule has 1 aliphatic heterocycles. The van der Waals surface area contributed by atoms with Crippen LogP contribution in [0.1, 0.15) is 33.9 Å². The number of hydrogen-bond acceptors (Lipinski definition) is 5. The van der Waals surface area contributed by atoms with Gasteiger partial charge in [-0.3, -0.25) is 4.79 Å². The number of anilines is 1. The molecule has 1 heterocycles. The molecule has 0 fully saturated rings. The molecule has 2 aromatic carbocycles. The van der Waals surface area contributed by atoms with Gasteiger partial charge in [0.1, 0.15) is 6.04 Å². The van der Waals surface area contributed by atoms with Crippen LogP contribution in [0.3, 0.4) is 0 Å². The third-order valence-corrected chi connectivity index (χ3v) is 5.02. The zero-order chi connectivity index (χ0) is 19.6. The van der Waals surface area contributed by atoms with Crippen LogP contribution in [0.5, 0.6) is 0 Å². The normalized spacial score (nSPS) is 18.2. The summed E-state index contributed by atoms with van der Waals surface area (Å²) in [7, 11) is 1.32. The fourth-order valence-electron chi connectivity index (χ4n) is 3.12. The highest BCUT2D eigenvalue weighted by Crippen LogP contribution is 2.40. The maximum atomic E-state index is 12.7. The van der Waals surface area contributed by atoms with E-state index in [0.717, 1.165) is 5.56 Å². The van der Waals surface area contributed by atoms with Gasteiger partial charge in [0, 0.05) is 39.8 Å². The van der Waals surface area contributed by atoms with Crippen LogP contribution in [0.4, 0.5) is 5.69 Å². The molecule has 0 unspecified atom stereocenters. The van der Waals surface area contributed by atoms with Gasteiger partial charge in [-0.05, 0) is 29.8 Å². The summed E-state index contributed by atoms with van der Waals surface area (Å²) in [6.07, 6.45) is 0.299. The summed E-state index contributed by atoms with van der Waals surface area (Å²) in [5, 5.41) is 6.88. The summed E-state index contributed by atoms with van der Waals surface area (Å²) in [6, 6.07) is 9.20. The highest BCUT2D eigenvalue weighted by Gasteiger charge is 2.34. The zero-order valence-electron chi connectivity index (χ0n) is 14.6. The van der Waals surface area contributed by atoms with E-state index in [1.165, 1.54) is 7.11 Å². The minimum atomic E-state index is -0.623. The summed E-state index contributed by atoms with van der Waals surface area (Å²) in [5.41, 5.74) is 8.30. The van der Waals surface area contributed by atoms with E-state index in [2.05, 4.69) is 10.6 Å². The first-order chi connectivity index (χ1) is 12.9. The molecule has 142 valence electrons. The van der Waals surface area contributed by atoms with Gasteiger partial charge in [0.2, 0.25) is 0 Å². The smallest absolute Gasteiger partial charge is 0.328 e. The lowest BCUT2D eigenvalue weighted by Crippen LogP contribution is -2.41. The van der Waals surface area contributed by atoms with Crippen molar-refractivity contribution in [2.45, 2.75) is 25.0 Å². The maximum absolute atomic E-state index is 12.7. The van der Waals surface area contributed by atoms with Crippen molar-refractivity contribution < 1.29 is 14.3 Å². The Balaban J connectivity index is 1.90. The average Bonchev–Trinajstić information content (AvgIpc) is 2.66. The van der Waals surface area contributed by atoms with Gasteiger partial charge in [0.25, 0.3) is 5.91 Å². The third kappa shape index (κ3) is 4.18. The van der Waals surface area contributed by atoms with E-state index in [1.807, 2.05) is 0 Å². The SMILES string of the molecule is COC(=O)[C@H]1C[C@H](NC(=O)c2ccc(CN)cc2)c2c(Cl)cc(Cl)cc2N1. The number of nitrogens with one attached hydrogen (secondary N) is 2. The van der Waals surface area contributed by atoms with E-state index in [4.69, 9.17) is 33.7 Å². The molecular formula is C19H19Cl2N3O3. The molecule has 8 heteroatoms. The molecule has 2 aromatic rings. The van der Waals surface area contributed by atoms with Crippen molar-refractivity contribution in [3.05, 3.63) is 63.1 Å². The van der Waals surface area contributed by atoms with E-state index in [0.29, 0.717) is 39.8 Å². The quantitative estimate of drug-likeness (QED) is 0.676. The van der Waals surface area contributed by atoms with E-state index in [9.17, 15) is 9.59 Å². The van der Waals surface area contributed by atoms with Gasteiger partial charge in [0.05, 0.1) is 13.2 Å². The minimum Gasteiger partial charge on any atom is -0.467 e. The number of benzene rings is 2. The van der Waals surface area contributed by atoms with Gasteiger partial charge in [0.15, 0.2) is 0 Å². The summed E-state index contributed by atoms with van der Waals surface area (Å²) in [4.78, 5) is 24.7. The predicted octanol–water partition coefficient (Wildman–Crippen LogP) is 3.28. The Morgan fingerprint density at radius 1 is 1.26 bits per heavy atom. The number of fused-ring (bicyclic) bond motifs is 1. The summed E-state index contributed by atoms with van der Waals surface area (Å²) in [5.74, 6) is -0.700. The van der Waals surface area contributed by atoms with Crippen molar-refractivity contribution in [2.75, 3.05) is 12.4 Å². The van der Waals surface area contributed by atoms with E-state index in [-0.39, 0.29) is 5.91 Å². The number of halogens is 2. The van der Waals surface area contributed by atoms with Gasteiger partial charge in [-0.2, -0.15) is 0 Å². The lowest BCUT2D eigenvalue weighted by molar-refractivity contribution is -0.141. The van der Waals surface area contributed by atoms with Crippen molar-refractivity contribution in [3.63, 3.8) is 0 Å². The topological polar surface area (TPSA) is 93.5 Å². The van der Waals surface area contributed by atoms with Gasteiger partial charge in [-0.1, -0.05) is 35.3 Å². The highest BCUT2D eigenvalue weighted by atomic mass is 35.5. The van der Waals surface area contributed by atoms with Crippen LogP contribution in [0.15, 0.2) is 36.4 Å². The zero-order valence-corrected chi connectivity index (χ0v) is 16.1. The second-order valence-electron chi connectivity index (χ2n) is 6.23. The first-order valence-corrected chi connectivity index (χ1v) is 9.11. The molecule has 0 saturated heterocycles. The van der Waals surface area contributed by atoms with Crippen molar-refractivity contribution >= 4 is 40.8 Å². The molecule has 6 nitrogen and oxygen atoms in total. The fraction of sp³-hybridized carbons (Fsp3) is 0.263. The maximum Gasteiger partial charge on any atom is 0.328 e. The number of ether oxygens (including phenoxy) is 1. The van der Waals surface area contributed by atoms with E-state index < -0.39 is 18.1 Å². The van der Waals surface area contributed by atoms with Crippen LogP contribution >= 0.6 is 23.2 Å². The van der Waals surface area contributed by atoms with Gasteiger partial charge < -0.3 is 21.1 Å². The van der Waals surface area contributed by atoms with Crippen LogP contribution in [0.25, 0.3) is 0 Å². The van der Waals surface area contributed by atoms with Crippen molar-refractivity contribution in [1.82, 2.24) is 5.32 Å². The molecule has 0 aliphatic carbocycles. The standard InChI is InChI=1S/C19H19Cl2N3O3/c1-27-19(26)16-8-15(17-13(21)6-12(20)7-14(17)23-16)24-18(25)11-4-2-10(9-22)3-5-11/h2-7,15-16,23H,8-9,22H2,1H3,(H,24,25)/t15-,16+/m0/s1. The van der Waals surface area contributed by atoms with E-state index in [1.54, 1.807) is 36.4 Å². The Morgan fingerprint density at radius 2 is 1.96 bits per heavy atom. The second kappa shape index (κ2) is 8.17. The lowest BCUT2D eigenvalue weighted by atomic mass is 9.92. The summed E-state index contributed by atoms with van der Waals surface area (Å²) in [6.45, 7) is 0.404. The molecule has 3 rings (SSSR count). The lowest BCUT2D eigenvalue weighted by Gasteiger charge is -2.33. The van der Waals surface area contributed by atoms with Crippen molar-refractivity contribution in [2.24, 2.45) is 5.73 Å². The molecule has 1 amide bonds. The Bertz CT molecular complexity index is 871. The van der Waals surface area contributed by atoms with Crippen LogP contribution in [-0.2, 0) is 16.1 Å². The second-order valence-corrected chi connectivity index (χ2v) is 7.08. The molecule has 1 aliphatic rings. The average molecular weight is 408 g/mol. The Morgan fingerprint density at radius 3 is 2.59 bits per heavy atom. The number of methoxy groups -OCH3 is 1. The first-order valence-electron chi connectivity index (χ1n) is 8.36. The van der Waals surface area contributed by atoms with Crippen molar-refractivity contribution in [3.8, 4) is 0 Å². The third-order valence-electron chi connectivity index (χ3n) is 4.49. The molecule has 0 aromatic heterocycles. The number of carbonyl (C=O) groups is 2. The summed E-state index contributed by atoms with van der Waals surface area (Å²) >= 11 is 12.4. The number of esters is 1. The van der Waals surface area contributed by atoms with Crippen LogP contribution < -0.4 is 16.4 Å². The Labute approximate surface area is 167 Å². The van der Waals surface area contributed by atoms with Crippen LogP contribution in [-0.4, -0.2) is 25.0 Å². The first kappa shape index (κ1) is 19.5. The van der Waals surface area contributed by atoms with Crippen molar-refractivity contribution in [1.29, 1.82) is 0 Å². The molecule has 0 radical (unpaired) electrons. The molecule has 0 bridgehead atoms. The largest absolute Gasteiger partial charge is 0.467 e. The Hall–Kier alpha value is -2.28. The van der Waals surface area contributed by atoms with E-state index >= 15 is 0 Å². The highest BCUT2D eigenvalue weighted by molar-refractivity contribution is 6.35. The van der Waals surface area contributed by atoms with Gasteiger partial charge in [-0.25, -0.2) is 4.79 Å². The van der Waals surface area contributed by atoms with Gasteiger partial charge >= 0.3 is 5.97 Å². The molecular weight excluding hydrogens is 389 g/mol. The Kier molecular flexibility index (Phi) is 5.89. The summed E-state index contributed by atoms with van der Waals surface area (Å²) < 4.78 is 4.84. The van der Waals surface area contributed by atoms with Crippen LogP contribution in [0, 0.1) is 0 Å². The number of nitrogens with two attached hydrogens (primary N) is 1. The monoisotopic (exact) mass is 407 g/mol. The predicted molar refractivity (Wildman–Crippen MR) is 105 cm³/mol. The fourth-order valence-corrected chi connectivity index (χ4v) is 3.75. The minimum absolute atomic E-state index is 0.272. The molecule has 0 saturated carbocycles. The van der Waals surface area contributed by atoms with Crippen LogP contribution in [0.2, 0.25) is 10.0 Å².